The Morgan fingerprint density at radius 3 is 2.60 bits per heavy atom. The third kappa shape index (κ3) is 4.00. The summed E-state index contributed by atoms with van der Waals surface area (Å²) in [5.41, 5.74) is 1.17. The first-order chi connectivity index (χ1) is 9.72. The van der Waals surface area contributed by atoms with Gasteiger partial charge in [-0.2, -0.15) is 12.6 Å². The Morgan fingerprint density at radius 2 is 2.00 bits per heavy atom. The van der Waals surface area contributed by atoms with Crippen LogP contribution in [0.4, 0.5) is 0 Å². The van der Waals surface area contributed by atoms with Gasteiger partial charge in [-0.3, -0.25) is 4.79 Å². The van der Waals surface area contributed by atoms with E-state index in [1.54, 1.807) is 0 Å². The molecule has 3 nitrogen and oxygen atoms in total. The Kier molecular flexibility index (Phi) is 5.92. The van der Waals surface area contributed by atoms with Crippen molar-refractivity contribution in [2.24, 2.45) is 0 Å². The Bertz CT molecular complexity index is 418. The van der Waals surface area contributed by atoms with Crippen LogP contribution in [0.2, 0.25) is 0 Å². The molecule has 0 aromatic heterocycles. The van der Waals surface area contributed by atoms with Crippen LogP contribution in [0.5, 0.6) is 0 Å². The highest BCUT2D eigenvalue weighted by molar-refractivity contribution is 7.81. The van der Waals surface area contributed by atoms with Crippen molar-refractivity contribution >= 4 is 18.5 Å². The lowest BCUT2D eigenvalue weighted by Crippen LogP contribution is -2.48. The van der Waals surface area contributed by atoms with Gasteiger partial charge in [0.25, 0.3) is 0 Å². The smallest absolute Gasteiger partial charge is 0.236 e. The van der Waals surface area contributed by atoms with Crippen LogP contribution in [0.3, 0.4) is 0 Å². The number of nitrogens with one attached hydrogen (secondary N) is 1. The fraction of sp³-hybridized carbons (Fsp3) is 0.562. The number of carbonyl (C=O) groups is 1. The average Bonchev–Trinajstić information content (AvgIpc) is 2.50. The number of rotatable bonds is 5. The van der Waals surface area contributed by atoms with Crippen LogP contribution in [0, 0.1) is 0 Å². The molecule has 0 saturated carbocycles. The molecule has 1 unspecified atom stereocenters. The summed E-state index contributed by atoms with van der Waals surface area (Å²) in [6, 6.07) is 10.5. The number of hydrogen-bond donors (Lipinski definition) is 2. The molecule has 1 saturated heterocycles. The van der Waals surface area contributed by atoms with Crippen molar-refractivity contribution in [3.05, 3.63) is 35.9 Å². The van der Waals surface area contributed by atoms with Gasteiger partial charge >= 0.3 is 0 Å². The maximum atomic E-state index is 12.6. The van der Waals surface area contributed by atoms with Gasteiger partial charge in [0.2, 0.25) is 5.91 Å². The van der Waals surface area contributed by atoms with Gasteiger partial charge in [-0.1, -0.05) is 30.3 Å². The highest BCUT2D eigenvalue weighted by atomic mass is 32.1. The maximum Gasteiger partial charge on any atom is 0.236 e. The van der Waals surface area contributed by atoms with Crippen LogP contribution in [0.25, 0.3) is 0 Å². The van der Waals surface area contributed by atoms with Gasteiger partial charge < -0.3 is 10.2 Å². The van der Waals surface area contributed by atoms with E-state index in [-0.39, 0.29) is 11.2 Å². The zero-order valence-corrected chi connectivity index (χ0v) is 13.0. The largest absolute Gasteiger partial charge is 0.339 e. The molecule has 1 atom stereocenters. The van der Waals surface area contributed by atoms with E-state index in [0.29, 0.717) is 12.5 Å². The minimum absolute atomic E-state index is 0.173. The first-order valence-electron chi connectivity index (χ1n) is 7.45. The van der Waals surface area contributed by atoms with Crippen LogP contribution in [-0.2, 0) is 11.2 Å². The Morgan fingerprint density at radius 1 is 1.35 bits per heavy atom. The van der Waals surface area contributed by atoms with Gasteiger partial charge in [0.05, 0.1) is 5.25 Å². The van der Waals surface area contributed by atoms with E-state index in [2.05, 4.69) is 37.0 Å². The van der Waals surface area contributed by atoms with Gasteiger partial charge in [-0.05, 0) is 44.8 Å². The topological polar surface area (TPSA) is 32.3 Å². The van der Waals surface area contributed by atoms with Crippen LogP contribution in [-0.4, -0.2) is 41.7 Å². The van der Waals surface area contributed by atoms with E-state index in [1.165, 1.54) is 5.56 Å². The van der Waals surface area contributed by atoms with Crippen molar-refractivity contribution in [2.75, 3.05) is 19.6 Å². The minimum Gasteiger partial charge on any atom is -0.339 e. The van der Waals surface area contributed by atoms with Gasteiger partial charge in [-0.25, -0.2) is 0 Å². The second-order valence-corrected chi connectivity index (χ2v) is 5.93. The van der Waals surface area contributed by atoms with Crippen molar-refractivity contribution < 1.29 is 4.79 Å². The fourth-order valence-electron chi connectivity index (χ4n) is 2.83. The Hall–Kier alpha value is -1.00. The Labute approximate surface area is 127 Å². The number of piperidine rings is 1. The molecule has 20 heavy (non-hydrogen) atoms. The molecule has 4 heteroatoms. The van der Waals surface area contributed by atoms with E-state index < -0.39 is 0 Å². The highest BCUT2D eigenvalue weighted by Crippen LogP contribution is 2.17. The first-order valence-corrected chi connectivity index (χ1v) is 7.97. The zero-order valence-electron chi connectivity index (χ0n) is 12.1. The molecule has 1 aromatic rings. The van der Waals surface area contributed by atoms with E-state index in [4.69, 9.17) is 0 Å². The number of amides is 1. The number of carbonyl (C=O) groups excluding carboxylic acids is 1. The summed E-state index contributed by atoms with van der Waals surface area (Å²) < 4.78 is 0. The molecule has 2 rings (SSSR count). The zero-order chi connectivity index (χ0) is 14.4. The molecule has 1 heterocycles. The number of benzene rings is 1. The summed E-state index contributed by atoms with van der Waals surface area (Å²) in [4.78, 5) is 14.6. The van der Waals surface area contributed by atoms with Crippen molar-refractivity contribution in [1.82, 2.24) is 10.2 Å². The van der Waals surface area contributed by atoms with E-state index >= 15 is 0 Å². The minimum atomic E-state index is -0.243. The molecule has 1 fully saturated rings. The van der Waals surface area contributed by atoms with E-state index in [1.807, 2.05) is 23.1 Å². The van der Waals surface area contributed by atoms with Gasteiger partial charge in [-0.15, -0.1) is 0 Å². The van der Waals surface area contributed by atoms with E-state index in [9.17, 15) is 4.79 Å². The summed E-state index contributed by atoms with van der Waals surface area (Å²) >= 11 is 4.54. The summed E-state index contributed by atoms with van der Waals surface area (Å²) in [6.07, 6.45) is 2.79. The quantitative estimate of drug-likeness (QED) is 0.815. The SMILES string of the molecule is CCN(C(=O)C(S)Cc1ccccc1)C1CCNCC1. The van der Waals surface area contributed by atoms with Crippen LogP contribution < -0.4 is 5.32 Å². The molecule has 1 amide bonds. The van der Waals surface area contributed by atoms with Gasteiger partial charge in [0.15, 0.2) is 0 Å². The van der Waals surface area contributed by atoms with Crippen molar-refractivity contribution in [1.29, 1.82) is 0 Å². The van der Waals surface area contributed by atoms with Crippen LogP contribution >= 0.6 is 12.6 Å². The summed E-state index contributed by atoms with van der Waals surface area (Å²) in [5, 5.41) is 3.10. The molecule has 1 aliphatic rings. The standard InChI is InChI=1S/C16H24N2OS/c1-2-18(14-8-10-17-11-9-14)16(19)15(20)12-13-6-4-3-5-7-13/h3-7,14-15,17,20H,2,8-12H2,1H3. The molecular formula is C16H24N2OS. The molecule has 1 aromatic carbocycles. The average molecular weight is 292 g/mol. The predicted octanol–water partition coefficient (Wildman–Crippen LogP) is 2.13. The molecule has 0 aliphatic carbocycles. The lowest BCUT2D eigenvalue weighted by molar-refractivity contribution is -0.133. The summed E-state index contributed by atoms with van der Waals surface area (Å²) in [6.45, 7) is 4.84. The molecule has 110 valence electrons. The molecule has 0 bridgehead atoms. The Balaban J connectivity index is 1.96. The molecule has 0 radical (unpaired) electrons. The van der Waals surface area contributed by atoms with Crippen molar-refractivity contribution in [3.63, 3.8) is 0 Å². The van der Waals surface area contributed by atoms with Crippen molar-refractivity contribution in [2.45, 2.75) is 37.5 Å². The summed E-state index contributed by atoms with van der Waals surface area (Å²) in [7, 11) is 0. The van der Waals surface area contributed by atoms with E-state index in [0.717, 1.165) is 32.5 Å². The first kappa shape index (κ1) is 15.4. The van der Waals surface area contributed by atoms with Gasteiger partial charge in [0, 0.05) is 12.6 Å². The third-order valence-corrected chi connectivity index (χ3v) is 4.33. The van der Waals surface area contributed by atoms with Crippen LogP contribution in [0.15, 0.2) is 30.3 Å². The number of hydrogen-bond acceptors (Lipinski definition) is 3. The number of nitrogens with zero attached hydrogens (tertiary/aromatic N) is 1. The number of thiol groups is 1. The second-order valence-electron chi connectivity index (χ2n) is 5.31. The van der Waals surface area contributed by atoms with Gasteiger partial charge in [0.1, 0.15) is 0 Å². The monoisotopic (exact) mass is 292 g/mol. The third-order valence-electron chi connectivity index (χ3n) is 3.93. The van der Waals surface area contributed by atoms with Crippen molar-refractivity contribution in [3.8, 4) is 0 Å². The molecule has 1 N–H and O–H groups in total. The summed E-state index contributed by atoms with van der Waals surface area (Å²) in [5.74, 6) is 0.173. The maximum absolute atomic E-state index is 12.6. The molecular weight excluding hydrogens is 268 g/mol. The highest BCUT2D eigenvalue weighted by Gasteiger charge is 2.27. The molecule has 0 spiro atoms. The fourth-order valence-corrected chi connectivity index (χ4v) is 3.19. The lowest BCUT2D eigenvalue weighted by Gasteiger charge is -2.35. The normalized spacial score (nSPS) is 17.7. The lowest BCUT2D eigenvalue weighted by atomic mass is 10.0. The van der Waals surface area contributed by atoms with Crippen LogP contribution in [0.1, 0.15) is 25.3 Å². The molecule has 1 aliphatic heterocycles. The predicted molar refractivity (Wildman–Crippen MR) is 86.2 cm³/mol. The second kappa shape index (κ2) is 7.70.